The smallest absolute Gasteiger partial charge is 0.209 e. The molecule has 8 aromatic rings. The van der Waals surface area contributed by atoms with Crippen LogP contribution in [0.4, 0.5) is 34.1 Å². The van der Waals surface area contributed by atoms with Gasteiger partial charge >= 0.3 is 0 Å². The van der Waals surface area contributed by atoms with E-state index in [4.69, 9.17) is 12.6 Å². The highest BCUT2D eigenvalue weighted by molar-refractivity contribution is 8.04. The fourth-order valence-corrected chi connectivity index (χ4v) is 25.3. The number of benzene rings is 8. The molecule has 6 nitrogen and oxygen atoms in total. The summed E-state index contributed by atoms with van der Waals surface area (Å²) in [5, 5.41) is 0. The first-order chi connectivity index (χ1) is 61.2. The zero-order valence-electron chi connectivity index (χ0n) is 79.9. The van der Waals surface area contributed by atoms with Crippen LogP contribution in [0.5, 0.6) is 0 Å². The van der Waals surface area contributed by atoms with Gasteiger partial charge in [-0.25, -0.2) is 0 Å². The number of allylic oxidation sites excluding steroid dienone is 21. The average molecular weight is 2150 g/mol. The molecule has 0 atom stereocenters. The third-order valence-corrected chi connectivity index (χ3v) is 33.0. The van der Waals surface area contributed by atoms with E-state index >= 15 is 0 Å². The van der Waals surface area contributed by atoms with Crippen molar-refractivity contribution in [2.75, 3.05) is 65.5 Å². The van der Waals surface area contributed by atoms with Crippen LogP contribution in [0.2, 0.25) is 0 Å². The first kappa shape index (κ1) is 102. The van der Waals surface area contributed by atoms with Gasteiger partial charge in [0.05, 0.1) is 16.2 Å². The zero-order chi connectivity index (χ0) is 89.7. The van der Waals surface area contributed by atoms with Crippen LogP contribution in [0.1, 0.15) is 216 Å². The predicted molar refractivity (Wildman–Crippen MR) is 559 cm³/mol. The molecule has 130 heavy (non-hydrogen) atoms. The van der Waals surface area contributed by atoms with Gasteiger partial charge in [0.2, 0.25) is 17.1 Å². The Kier molecular flexibility index (Phi) is 34.3. The standard InChI is InChI=1S/C40H44N2S2.C40H45N2S.C36H44N2S2.3HI/c1-7-41-32-20-11-9-18-30(32)39(3,4)36(41)26-24-28-16-15-17-29(38(28)44-35-23-14-13-22-34(35)43)25-27-37-40(5,6)31-19-10-12-21-33(31)42(37)8-2;1-7-41-34-23-14-12-21-32(34)39(3,4)36(41)27-25-29-17-16-18-30(38(29)43-31-19-10-9-11-20-31)26-28-37-40(5,6)33-22-13-15-24-35(33)42(37)8-2;1-7-37-30-18-11-9-16-28(30)35(3,4)32(37)22-20-26-14-13-15-27(34(26)40-25-24-39)21-23-33-36(5,6)29-17-10-12-19-31(29)38(33)8-2;;;/h9-14,18-27H,7-8,15-17H2,1-6H3;9-15,19-28H,7-8,16-18H2,1-6H3;9-12,16-23H,7-8,13-15,24-25H2,1-6H3;3*1H/q;+1;;;;/p-1. The van der Waals surface area contributed by atoms with Crippen LogP contribution >= 0.6 is 60.5 Å². The van der Waals surface area contributed by atoms with Crippen LogP contribution in [-0.2, 0) is 32.5 Å². The molecule has 0 fully saturated rings. The maximum atomic E-state index is 4.84. The second-order valence-corrected chi connectivity index (χ2v) is 42.1. The van der Waals surface area contributed by atoms with Gasteiger partial charge in [-0.2, -0.15) is 26.4 Å². The highest BCUT2D eigenvalue weighted by atomic mass is 127. The highest BCUT2D eigenvalue weighted by Gasteiger charge is 2.48. The Balaban J connectivity index is 0.000000175. The SMILES string of the molecule is CCN1/C(=C/C=C2\CCCC(/C=C/C3=[N+](CC)c4ccccc4C3(C)C)=C2SCCS)C(C)(C)c2ccccc21.CCN1/C(=C/C=C2\CCCC(/C=C/C3=[N+](CC)c4ccccc4C3(C)C)=C2Sc2ccccc2)C(C)(C)c2ccccc21.CCN1/C(=C/C=C2\CCCC(/C=C/C3=[N+](CC)c4ccccc4C3(C)C)=C2Sc2ccccc2S)C(C)(C)c2ccccc21.[I-].[I-].[I-]. The number of likely N-dealkylation sites (N-methyl/N-ethyl adjacent to an activating group) is 3. The molecular formula is C116H135I3N6S5. The van der Waals surface area contributed by atoms with E-state index in [-0.39, 0.29) is 104 Å². The highest BCUT2D eigenvalue weighted by Crippen LogP contribution is 2.54. The van der Waals surface area contributed by atoms with E-state index in [1.165, 1.54) is 173 Å². The van der Waals surface area contributed by atoms with Crippen LogP contribution in [0.15, 0.2) is 353 Å². The molecule has 0 spiro atoms. The van der Waals surface area contributed by atoms with Crippen molar-refractivity contribution in [2.45, 2.75) is 230 Å². The Labute approximate surface area is 855 Å². The van der Waals surface area contributed by atoms with E-state index in [9.17, 15) is 0 Å². The monoisotopic (exact) mass is 2150 g/mol. The van der Waals surface area contributed by atoms with Crippen molar-refractivity contribution in [1.82, 2.24) is 0 Å². The maximum Gasteiger partial charge on any atom is 0.209 e. The molecule has 0 N–H and O–H groups in total. The lowest BCUT2D eigenvalue weighted by atomic mass is 9.81. The Morgan fingerprint density at radius 3 is 0.962 bits per heavy atom. The molecule has 0 bridgehead atoms. The molecular weight excluding hydrogens is 2020 g/mol. The van der Waals surface area contributed by atoms with Crippen LogP contribution < -0.4 is 86.6 Å². The number of fused-ring (bicyclic) bond motifs is 6. The minimum atomic E-state index is -0.0426. The molecule has 6 aliphatic heterocycles. The minimum absolute atomic E-state index is 0. The number of halogens is 3. The molecule has 6 heterocycles. The topological polar surface area (TPSA) is 18.8 Å². The van der Waals surface area contributed by atoms with E-state index in [0.29, 0.717) is 0 Å². The van der Waals surface area contributed by atoms with E-state index in [1.807, 2.05) is 35.3 Å². The van der Waals surface area contributed by atoms with Gasteiger partial charge < -0.3 is 86.6 Å². The third kappa shape index (κ3) is 20.2. The summed E-state index contributed by atoms with van der Waals surface area (Å²) < 4.78 is 7.49. The summed E-state index contributed by atoms with van der Waals surface area (Å²) in [4.78, 5) is 15.3. The van der Waals surface area contributed by atoms with E-state index in [1.54, 1.807) is 0 Å². The predicted octanol–water partition coefficient (Wildman–Crippen LogP) is 21.7. The Morgan fingerprint density at radius 1 is 0.323 bits per heavy atom. The number of hydrogen-bond donors (Lipinski definition) is 2. The van der Waals surface area contributed by atoms with Gasteiger partial charge in [-0.15, -0.1) is 24.4 Å². The van der Waals surface area contributed by atoms with Gasteiger partial charge in [-0.3, -0.25) is 0 Å². The number of thioether (sulfide) groups is 3. The van der Waals surface area contributed by atoms with Crippen LogP contribution in [0.25, 0.3) is 0 Å². The van der Waals surface area contributed by atoms with Crippen molar-refractivity contribution < 1.29 is 85.7 Å². The van der Waals surface area contributed by atoms with Crippen LogP contribution in [-0.4, -0.2) is 81.6 Å². The second kappa shape index (κ2) is 43.8. The summed E-state index contributed by atoms with van der Waals surface area (Å²) >= 11 is 15.2. The molecule has 680 valence electrons. The second-order valence-electron chi connectivity index (χ2n) is 37.9. The number of hydrogen-bond acceptors (Lipinski definition) is 8. The van der Waals surface area contributed by atoms with Crippen molar-refractivity contribution >= 4 is 112 Å². The molecule has 8 aromatic carbocycles. The molecule has 0 amide bonds. The molecule has 9 aliphatic rings. The van der Waals surface area contributed by atoms with Crippen molar-refractivity contribution in [3.8, 4) is 0 Å². The van der Waals surface area contributed by atoms with Gasteiger partial charge in [0.25, 0.3) is 0 Å². The van der Waals surface area contributed by atoms with E-state index < -0.39 is 0 Å². The lowest BCUT2D eigenvalue weighted by Gasteiger charge is -2.26. The zero-order valence-corrected chi connectivity index (χ0v) is 90.6. The van der Waals surface area contributed by atoms with Crippen molar-refractivity contribution in [2.24, 2.45) is 0 Å². The summed E-state index contributed by atoms with van der Waals surface area (Å²) in [7, 11) is 0. The van der Waals surface area contributed by atoms with Gasteiger partial charge in [-0.05, 0) is 257 Å². The van der Waals surface area contributed by atoms with Crippen molar-refractivity contribution in [1.29, 1.82) is 0 Å². The Morgan fingerprint density at radius 2 is 0.623 bits per heavy atom. The van der Waals surface area contributed by atoms with Gasteiger partial charge in [0.1, 0.15) is 19.6 Å². The largest absolute Gasteiger partial charge is 1.00 e. The first-order valence-electron chi connectivity index (χ1n) is 47.0. The minimum Gasteiger partial charge on any atom is -1.00 e. The van der Waals surface area contributed by atoms with E-state index in [0.717, 1.165) is 101 Å². The van der Waals surface area contributed by atoms with Gasteiger partial charge in [0, 0.05) is 158 Å². The summed E-state index contributed by atoms with van der Waals surface area (Å²) in [6.45, 7) is 47.8. The fourth-order valence-electron chi connectivity index (χ4n) is 21.5. The Bertz CT molecular complexity index is 6040. The normalized spacial score (nSPS) is 20.6. The molecule has 0 saturated heterocycles. The number of thiol groups is 2. The Hall–Kier alpha value is -7.01. The molecule has 3 aliphatic carbocycles. The molecule has 0 saturated carbocycles. The average Bonchev–Trinajstić information content (AvgIpc) is 1.62. The molecule has 14 heteroatoms. The lowest BCUT2D eigenvalue weighted by molar-refractivity contribution is -0.433. The summed E-state index contributed by atoms with van der Waals surface area (Å²) in [5.41, 5.74) is 33.4. The fraction of sp³-hybridized carbons (Fsp3) is 0.353. The quantitative estimate of drug-likeness (QED) is 0.0397. The molecule has 0 radical (unpaired) electrons. The van der Waals surface area contributed by atoms with Crippen molar-refractivity contribution in [3.63, 3.8) is 0 Å². The van der Waals surface area contributed by atoms with Crippen LogP contribution in [0.3, 0.4) is 0 Å². The number of para-hydroxylation sites is 6. The molecule has 0 aromatic heterocycles. The number of rotatable bonds is 22. The van der Waals surface area contributed by atoms with Gasteiger partial charge in [-0.1, -0.05) is 241 Å². The number of anilines is 3. The van der Waals surface area contributed by atoms with Crippen molar-refractivity contribution in [3.05, 3.63) is 372 Å². The number of nitrogens with zero attached hydrogens (tertiary/aromatic N) is 6. The summed E-state index contributed by atoms with van der Waals surface area (Å²) in [6.07, 6.45) is 39.2. The third-order valence-electron chi connectivity index (χ3n) is 28.2. The lowest BCUT2D eigenvalue weighted by Crippen LogP contribution is -3.00. The summed E-state index contributed by atoms with van der Waals surface area (Å²) in [5.74, 6) is 1.91. The summed E-state index contributed by atoms with van der Waals surface area (Å²) in [6, 6.07) is 72.8. The van der Waals surface area contributed by atoms with Crippen LogP contribution in [0, 0.1) is 0 Å². The first-order valence-corrected chi connectivity index (χ1v) is 50.7. The maximum absolute atomic E-state index is 4.84. The molecule has 17 rings (SSSR count). The van der Waals surface area contributed by atoms with E-state index in [2.05, 4.69) is 439 Å². The molecule has 0 unspecified atom stereocenters. The van der Waals surface area contributed by atoms with Gasteiger partial charge in [0.15, 0.2) is 17.1 Å².